The first kappa shape index (κ1) is 16.8. The first-order valence-corrected chi connectivity index (χ1v) is 8.92. The van der Waals surface area contributed by atoms with Gasteiger partial charge in [0.2, 0.25) is 0 Å². The fraction of sp³-hybridized carbons (Fsp3) is 0.526. The summed E-state index contributed by atoms with van der Waals surface area (Å²) in [5.41, 5.74) is 0.622. The van der Waals surface area contributed by atoms with Crippen LogP contribution in [0, 0.1) is 0 Å². The zero-order valence-corrected chi connectivity index (χ0v) is 14.5. The maximum Gasteiger partial charge on any atom is 0.261 e. The highest BCUT2D eigenvalue weighted by Gasteiger charge is 2.26. The second-order valence-corrected chi connectivity index (χ2v) is 6.82. The van der Waals surface area contributed by atoms with Crippen LogP contribution in [0.3, 0.4) is 0 Å². The van der Waals surface area contributed by atoms with Gasteiger partial charge in [0.05, 0.1) is 30.0 Å². The molecule has 1 aliphatic rings. The van der Waals surface area contributed by atoms with E-state index in [1.807, 2.05) is 18.2 Å². The largest absolute Gasteiger partial charge is 0.326 e. The van der Waals surface area contributed by atoms with E-state index in [1.165, 1.54) is 31.1 Å². The molecule has 1 aromatic carbocycles. The molecule has 2 heterocycles. The van der Waals surface area contributed by atoms with Gasteiger partial charge in [-0.1, -0.05) is 19.1 Å². The Morgan fingerprint density at radius 2 is 2.12 bits per heavy atom. The third-order valence-corrected chi connectivity index (χ3v) is 5.08. The van der Waals surface area contributed by atoms with Gasteiger partial charge in [0.25, 0.3) is 5.56 Å². The summed E-state index contributed by atoms with van der Waals surface area (Å²) in [6.45, 7) is 5.68. The molecule has 3 rings (SSSR count). The number of carbonyl (C=O) groups is 1. The Labute approximate surface area is 142 Å². The van der Waals surface area contributed by atoms with Crippen LogP contribution in [-0.4, -0.2) is 27.9 Å². The number of ketones is 1. The normalized spacial score (nSPS) is 21.1. The molecule has 1 saturated heterocycles. The van der Waals surface area contributed by atoms with E-state index in [0.717, 1.165) is 24.3 Å². The fourth-order valence-corrected chi connectivity index (χ4v) is 3.81. The quantitative estimate of drug-likeness (QED) is 0.901. The van der Waals surface area contributed by atoms with Crippen LogP contribution in [0.4, 0.5) is 0 Å². The molecule has 0 bridgehead atoms. The van der Waals surface area contributed by atoms with Crippen molar-refractivity contribution in [3.05, 3.63) is 40.4 Å². The van der Waals surface area contributed by atoms with Gasteiger partial charge >= 0.3 is 0 Å². The monoisotopic (exact) mass is 328 g/mol. The number of likely N-dealkylation sites (tertiary alicyclic amines) is 1. The van der Waals surface area contributed by atoms with Gasteiger partial charge < -0.3 is 4.90 Å². The minimum Gasteiger partial charge on any atom is -0.326 e. The summed E-state index contributed by atoms with van der Waals surface area (Å²) in [6, 6.07) is 8.02. The van der Waals surface area contributed by atoms with Gasteiger partial charge in [-0.25, -0.2) is 4.98 Å². The summed E-state index contributed by atoms with van der Waals surface area (Å²) < 4.78 is 1.58. The number of rotatable bonds is 5. The van der Waals surface area contributed by atoms with Crippen molar-refractivity contribution in [2.45, 2.75) is 58.7 Å². The van der Waals surface area contributed by atoms with Crippen molar-refractivity contribution in [2.24, 2.45) is 0 Å². The molecule has 1 aliphatic heterocycles. The Morgan fingerprint density at radius 3 is 2.88 bits per heavy atom. The van der Waals surface area contributed by atoms with E-state index in [0.29, 0.717) is 18.0 Å². The number of benzene rings is 1. The maximum absolute atomic E-state index is 12.8. The predicted molar refractivity (Wildman–Crippen MR) is 94.1 cm³/mol. The molecular formula is C19H26N3O2+. The number of nitrogens with one attached hydrogen (secondary N) is 1. The zero-order valence-electron chi connectivity index (χ0n) is 14.5. The molecule has 1 fully saturated rings. The molecular weight excluding hydrogens is 302 g/mol. The lowest BCUT2D eigenvalue weighted by Crippen LogP contribution is -3.15. The average molecular weight is 328 g/mol. The van der Waals surface area contributed by atoms with Crippen LogP contribution in [-0.2, 0) is 17.9 Å². The van der Waals surface area contributed by atoms with Gasteiger partial charge in [-0.3, -0.25) is 14.2 Å². The fourth-order valence-electron chi connectivity index (χ4n) is 3.81. The predicted octanol–water partition coefficient (Wildman–Crippen LogP) is 1.33. The van der Waals surface area contributed by atoms with E-state index in [2.05, 4.69) is 6.92 Å². The molecule has 0 spiro atoms. The van der Waals surface area contributed by atoms with Crippen molar-refractivity contribution in [1.29, 1.82) is 0 Å². The first-order chi connectivity index (χ1) is 11.6. The molecule has 0 radical (unpaired) electrons. The molecule has 24 heavy (non-hydrogen) atoms. The minimum atomic E-state index is -0.102. The number of nitrogens with zero attached hydrogens (tertiary/aromatic N) is 2. The molecule has 0 aliphatic carbocycles. The molecule has 1 unspecified atom stereocenters. The second-order valence-electron chi connectivity index (χ2n) is 6.82. The third-order valence-electron chi connectivity index (χ3n) is 5.08. The highest BCUT2D eigenvalue weighted by atomic mass is 16.1. The number of fused-ring (bicyclic) bond motifs is 1. The number of carbonyl (C=O) groups excluding carboxylic acids is 1. The molecule has 0 amide bonds. The van der Waals surface area contributed by atoms with Crippen molar-refractivity contribution in [1.82, 2.24) is 9.55 Å². The summed E-state index contributed by atoms with van der Waals surface area (Å²) in [4.78, 5) is 30.7. The van der Waals surface area contributed by atoms with Crippen molar-refractivity contribution in [3.63, 3.8) is 0 Å². The number of piperidine rings is 1. The Balaban J connectivity index is 2.04. The smallest absolute Gasteiger partial charge is 0.261 e. The van der Waals surface area contributed by atoms with Crippen LogP contribution in [0.2, 0.25) is 0 Å². The van der Waals surface area contributed by atoms with Crippen LogP contribution < -0.4 is 10.5 Å². The van der Waals surface area contributed by atoms with E-state index in [1.54, 1.807) is 10.6 Å². The van der Waals surface area contributed by atoms with Crippen LogP contribution in [0.25, 0.3) is 10.9 Å². The van der Waals surface area contributed by atoms with Crippen molar-refractivity contribution < 1.29 is 9.69 Å². The van der Waals surface area contributed by atoms with Crippen LogP contribution in [0.1, 0.15) is 45.4 Å². The summed E-state index contributed by atoms with van der Waals surface area (Å²) in [5, 5.41) is 0.586. The molecule has 2 atom stereocenters. The van der Waals surface area contributed by atoms with Gasteiger partial charge in [0.1, 0.15) is 12.3 Å². The lowest BCUT2D eigenvalue weighted by molar-refractivity contribution is -0.944. The van der Waals surface area contributed by atoms with Gasteiger partial charge in [-0.05, 0) is 44.7 Å². The number of aromatic nitrogens is 2. The summed E-state index contributed by atoms with van der Waals surface area (Å²) in [5.74, 6) is 0.723. The molecule has 1 aromatic heterocycles. The number of hydrogen-bond acceptors (Lipinski definition) is 3. The minimum absolute atomic E-state index is 0.0175. The Kier molecular flexibility index (Phi) is 5.09. The van der Waals surface area contributed by atoms with E-state index in [-0.39, 0.29) is 17.9 Å². The maximum atomic E-state index is 12.8. The van der Waals surface area contributed by atoms with Gasteiger partial charge in [-0.2, -0.15) is 0 Å². The van der Waals surface area contributed by atoms with E-state index >= 15 is 0 Å². The van der Waals surface area contributed by atoms with Gasteiger partial charge in [0, 0.05) is 0 Å². The van der Waals surface area contributed by atoms with E-state index in [9.17, 15) is 9.59 Å². The highest BCUT2D eigenvalue weighted by Crippen LogP contribution is 2.10. The Morgan fingerprint density at radius 1 is 1.33 bits per heavy atom. The Hall–Kier alpha value is -2.01. The number of para-hydroxylation sites is 1. The van der Waals surface area contributed by atoms with Crippen LogP contribution in [0.5, 0.6) is 0 Å². The lowest BCUT2D eigenvalue weighted by Gasteiger charge is -2.32. The Bertz CT molecular complexity index is 797. The summed E-state index contributed by atoms with van der Waals surface area (Å²) in [7, 11) is 0. The first-order valence-electron chi connectivity index (χ1n) is 8.92. The van der Waals surface area contributed by atoms with Crippen molar-refractivity contribution in [3.8, 4) is 0 Å². The molecule has 0 saturated carbocycles. The number of hydrogen-bond donors (Lipinski definition) is 1. The van der Waals surface area contributed by atoms with Gasteiger partial charge in [0.15, 0.2) is 5.82 Å². The number of quaternary nitrogens is 1. The van der Waals surface area contributed by atoms with E-state index < -0.39 is 0 Å². The standard InChI is InChI=1S/C19H25N3O2/c1-3-15-8-6-7-11-21(15)13-18-20-17-10-5-4-9-16(17)19(24)22(18)12-14(2)23/h4-5,9-10,15H,3,6-8,11-13H2,1-2H3/p+1/t15-/m0/s1. The van der Waals surface area contributed by atoms with Crippen molar-refractivity contribution >= 4 is 16.7 Å². The zero-order chi connectivity index (χ0) is 17.1. The second kappa shape index (κ2) is 7.26. The third kappa shape index (κ3) is 3.41. The topological polar surface area (TPSA) is 56.4 Å². The number of Topliss-reactive ketones (excluding diaryl/α,β-unsaturated/α-hetero) is 1. The van der Waals surface area contributed by atoms with Gasteiger partial charge in [-0.15, -0.1) is 0 Å². The SMILES string of the molecule is CC[C@H]1CCCC[NH+]1Cc1nc2ccccc2c(=O)n1CC(C)=O. The highest BCUT2D eigenvalue weighted by molar-refractivity contribution is 5.79. The van der Waals surface area contributed by atoms with Crippen LogP contribution >= 0.6 is 0 Å². The molecule has 128 valence electrons. The van der Waals surface area contributed by atoms with Crippen LogP contribution in [0.15, 0.2) is 29.1 Å². The van der Waals surface area contributed by atoms with Crippen molar-refractivity contribution in [2.75, 3.05) is 6.54 Å². The molecule has 2 aromatic rings. The molecule has 1 N–H and O–H groups in total. The lowest BCUT2D eigenvalue weighted by atomic mass is 10.00. The summed E-state index contributed by atoms with van der Waals surface area (Å²) in [6.07, 6.45) is 4.87. The van der Waals surface area contributed by atoms with E-state index in [4.69, 9.17) is 4.98 Å². The average Bonchev–Trinajstić information content (AvgIpc) is 2.58. The summed E-state index contributed by atoms with van der Waals surface area (Å²) >= 11 is 0. The molecule has 5 nitrogen and oxygen atoms in total. The molecule has 5 heteroatoms.